The third-order valence-corrected chi connectivity index (χ3v) is 9.66. The van der Waals surface area contributed by atoms with Gasteiger partial charge in [0.05, 0.1) is 0 Å². The average Bonchev–Trinajstić information content (AvgIpc) is 3.90. The first-order valence-electron chi connectivity index (χ1n) is 16.5. The van der Waals surface area contributed by atoms with Crippen molar-refractivity contribution >= 4 is 54.9 Å². The van der Waals surface area contributed by atoms with Crippen molar-refractivity contribution in [3.05, 3.63) is 133 Å². The van der Waals surface area contributed by atoms with Gasteiger partial charge in [0.15, 0.2) is 23.3 Å². The fourth-order valence-corrected chi connectivity index (χ4v) is 7.38. The largest absolute Gasteiger partial charge is 0.324 e. The normalized spacial score (nSPS) is 12.0. The Hall–Kier alpha value is -7.06. The third kappa shape index (κ3) is 3.93. The first-order valence-corrected chi connectivity index (χ1v) is 16.5. The summed E-state index contributed by atoms with van der Waals surface area (Å²) in [5.74, 6) is 2.33. The molecular weight excluding hydrogens is 617 g/mol. The van der Waals surface area contributed by atoms with Crippen molar-refractivity contribution in [2.45, 2.75) is 0 Å². The van der Waals surface area contributed by atoms with E-state index in [1.807, 2.05) is 72.8 Å². The van der Waals surface area contributed by atoms with E-state index in [2.05, 4.69) is 70.6 Å². The van der Waals surface area contributed by atoms with Crippen LogP contribution in [0.1, 0.15) is 0 Å². The maximum Gasteiger partial charge on any atom is 0.164 e. The van der Waals surface area contributed by atoms with Crippen molar-refractivity contribution in [2.75, 3.05) is 0 Å². The number of aromatic nitrogens is 8. The number of fused-ring (bicyclic) bond motifs is 21. The minimum atomic E-state index is 0.578. The highest BCUT2D eigenvalue weighted by atomic mass is 15.1. The number of hydrogen-bond acceptors (Lipinski definition) is 6. The molecule has 3 aromatic heterocycles. The molecule has 11 rings (SSSR count). The van der Waals surface area contributed by atoms with Gasteiger partial charge in [-0.3, -0.25) is 0 Å². The molecule has 0 saturated heterocycles. The minimum absolute atomic E-state index is 0.578. The summed E-state index contributed by atoms with van der Waals surface area (Å²) in [7, 11) is 0. The van der Waals surface area contributed by atoms with E-state index < -0.39 is 0 Å². The zero-order chi connectivity index (χ0) is 32.8. The number of benzene rings is 6. The number of aromatic amines is 2. The summed E-state index contributed by atoms with van der Waals surface area (Å²) >= 11 is 0. The van der Waals surface area contributed by atoms with Crippen molar-refractivity contribution in [2.24, 2.45) is 0 Å². The molecule has 0 radical (unpaired) electrons. The Morgan fingerprint density at radius 1 is 0.280 bits per heavy atom. The van der Waals surface area contributed by atoms with Crippen LogP contribution in [0, 0.1) is 0 Å². The van der Waals surface area contributed by atoms with Gasteiger partial charge in [-0.05, 0) is 21.9 Å². The predicted octanol–water partition coefficient (Wildman–Crippen LogP) is 9.69. The summed E-state index contributed by atoms with van der Waals surface area (Å²) in [4.78, 5) is 37.9. The van der Waals surface area contributed by atoms with E-state index in [1.54, 1.807) is 0 Å². The molecule has 2 aliphatic heterocycles. The number of nitrogens with one attached hydrogen (secondary N) is 2. The van der Waals surface area contributed by atoms with E-state index in [-0.39, 0.29) is 0 Å². The van der Waals surface area contributed by atoms with Crippen molar-refractivity contribution in [3.8, 4) is 56.7 Å². The summed E-state index contributed by atoms with van der Waals surface area (Å²) in [6.45, 7) is 0. The van der Waals surface area contributed by atoms with E-state index in [9.17, 15) is 0 Å². The Morgan fingerprint density at radius 2 is 0.660 bits per heavy atom. The second-order valence-corrected chi connectivity index (χ2v) is 12.5. The first kappa shape index (κ1) is 26.9. The van der Waals surface area contributed by atoms with Gasteiger partial charge in [-0.1, -0.05) is 133 Å². The molecule has 0 amide bonds. The second kappa shape index (κ2) is 10.2. The summed E-state index contributed by atoms with van der Waals surface area (Å²) in [5, 5.41) is 6.12. The second-order valence-electron chi connectivity index (χ2n) is 12.5. The lowest BCUT2D eigenvalue weighted by atomic mass is 9.95. The van der Waals surface area contributed by atoms with Crippen LogP contribution >= 0.6 is 0 Å². The Kier molecular flexibility index (Phi) is 5.51. The van der Waals surface area contributed by atoms with Crippen LogP contribution < -0.4 is 0 Å². The smallest absolute Gasteiger partial charge is 0.164 e. The molecule has 0 aliphatic carbocycles. The quantitative estimate of drug-likeness (QED) is 0.185. The van der Waals surface area contributed by atoms with E-state index in [0.29, 0.717) is 45.9 Å². The predicted molar refractivity (Wildman–Crippen MR) is 199 cm³/mol. The summed E-state index contributed by atoms with van der Waals surface area (Å²) in [5.41, 5.74) is 8.49. The van der Waals surface area contributed by atoms with Crippen molar-refractivity contribution < 1.29 is 0 Å². The van der Waals surface area contributed by atoms with Crippen molar-refractivity contribution in [3.63, 3.8) is 0 Å². The molecule has 8 nitrogen and oxygen atoms in total. The van der Waals surface area contributed by atoms with E-state index in [0.717, 1.165) is 60.3 Å². The molecule has 0 unspecified atom stereocenters. The zero-order valence-electron chi connectivity index (χ0n) is 26.4. The lowest BCUT2D eigenvalue weighted by Gasteiger charge is -2.08. The standard InChI is InChI=1S/C42H24N8/c1-2-13-24-23(11-1)12-9-20-25(24)26-21-10-22-33-34(26)42-49-40-32-19-8-7-18-31(32)38(47-40)45-36-28-15-4-3-14-27(28)35(43-36)44-37-29-16-5-6-17-30(29)39(46-37)48-41(33)50-42/h1-22H,(H2,43,44,45,46,47,48,49,50). The Morgan fingerprint density at radius 3 is 1.26 bits per heavy atom. The molecule has 9 aromatic rings. The molecule has 50 heavy (non-hydrogen) atoms. The highest BCUT2D eigenvalue weighted by Crippen LogP contribution is 2.40. The summed E-state index contributed by atoms with van der Waals surface area (Å²) in [6.07, 6.45) is 0. The van der Waals surface area contributed by atoms with Crippen LogP contribution in [0.4, 0.5) is 0 Å². The van der Waals surface area contributed by atoms with Gasteiger partial charge in [0.25, 0.3) is 0 Å². The van der Waals surface area contributed by atoms with Crippen LogP contribution in [0.25, 0.3) is 112 Å². The molecule has 0 fully saturated rings. The molecule has 8 heteroatoms. The van der Waals surface area contributed by atoms with Gasteiger partial charge >= 0.3 is 0 Å². The molecule has 2 N–H and O–H groups in total. The van der Waals surface area contributed by atoms with Gasteiger partial charge in [-0.25, -0.2) is 29.9 Å². The lowest BCUT2D eigenvalue weighted by molar-refractivity contribution is 1.19. The monoisotopic (exact) mass is 640 g/mol. The number of rotatable bonds is 1. The fraction of sp³-hybridized carbons (Fsp3) is 0. The maximum atomic E-state index is 5.28. The zero-order valence-corrected chi connectivity index (χ0v) is 26.4. The van der Waals surface area contributed by atoms with E-state index in [1.165, 1.54) is 5.39 Å². The molecule has 6 aromatic carbocycles. The van der Waals surface area contributed by atoms with Crippen molar-refractivity contribution in [1.82, 2.24) is 39.9 Å². The van der Waals surface area contributed by atoms with Gasteiger partial charge in [0.2, 0.25) is 0 Å². The van der Waals surface area contributed by atoms with Gasteiger partial charge < -0.3 is 9.97 Å². The Balaban J connectivity index is 1.34. The molecule has 232 valence electrons. The lowest BCUT2D eigenvalue weighted by Crippen LogP contribution is -1.85. The van der Waals surface area contributed by atoms with Crippen LogP contribution in [0.3, 0.4) is 0 Å². The molecule has 2 aliphatic rings. The van der Waals surface area contributed by atoms with Crippen LogP contribution in [0.15, 0.2) is 133 Å². The first-order chi connectivity index (χ1) is 24.8. The van der Waals surface area contributed by atoms with Crippen molar-refractivity contribution in [1.29, 1.82) is 0 Å². The number of H-pyrrole nitrogens is 2. The molecular formula is C42H24N8. The van der Waals surface area contributed by atoms with Gasteiger partial charge in [0.1, 0.15) is 22.6 Å². The topological polar surface area (TPSA) is 109 Å². The Labute approximate surface area is 284 Å². The highest BCUT2D eigenvalue weighted by molar-refractivity contribution is 6.15. The van der Waals surface area contributed by atoms with E-state index >= 15 is 0 Å². The number of hydrogen-bond donors (Lipinski definition) is 2. The van der Waals surface area contributed by atoms with Crippen LogP contribution in [-0.2, 0) is 0 Å². The van der Waals surface area contributed by atoms with E-state index in [4.69, 9.17) is 29.9 Å². The molecule has 0 saturated carbocycles. The number of nitrogens with zero attached hydrogens (tertiary/aromatic N) is 6. The van der Waals surface area contributed by atoms with Crippen LogP contribution in [0.5, 0.6) is 0 Å². The molecule has 8 bridgehead atoms. The summed E-state index contributed by atoms with van der Waals surface area (Å²) < 4.78 is 0. The Bertz CT molecular complexity index is 3050. The highest BCUT2D eigenvalue weighted by Gasteiger charge is 2.22. The van der Waals surface area contributed by atoms with Gasteiger partial charge in [-0.2, -0.15) is 0 Å². The minimum Gasteiger partial charge on any atom is -0.324 e. The fourth-order valence-electron chi connectivity index (χ4n) is 7.38. The van der Waals surface area contributed by atoms with Gasteiger partial charge in [0, 0.05) is 43.8 Å². The van der Waals surface area contributed by atoms with Gasteiger partial charge in [-0.15, -0.1) is 0 Å². The third-order valence-electron chi connectivity index (χ3n) is 9.66. The molecule has 0 spiro atoms. The SMILES string of the molecule is c1ccc2c(c1)-c1nc-2nc2[nH]c(nc3nc(nc4[nH]c(n1)c1ccccc41)-c1ccccc1-3)c1c(-c3cccc4ccccc34)cccc21. The van der Waals surface area contributed by atoms with Crippen LogP contribution in [-0.4, -0.2) is 39.9 Å². The molecule has 0 atom stereocenters. The maximum absolute atomic E-state index is 5.28. The summed E-state index contributed by atoms with van der Waals surface area (Å²) in [6, 6.07) is 45.5. The molecule has 5 heterocycles. The van der Waals surface area contributed by atoms with Crippen LogP contribution in [0.2, 0.25) is 0 Å². The average molecular weight is 641 g/mol.